The lowest BCUT2D eigenvalue weighted by Gasteiger charge is -2.39. The van der Waals surface area contributed by atoms with Gasteiger partial charge in [-0.05, 0) is 54.4 Å². The van der Waals surface area contributed by atoms with E-state index >= 15 is 8.78 Å². The highest BCUT2D eigenvalue weighted by atomic mass is 35.5. The Hall–Kier alpha value is -2.20. The summed E-state index contributed by atoms with van der Waals surface area (Å²) in [5.41, 5.74) is -2.01. The number of nitrogens with zero attached hydrogens (tertiary/aromatic N) is 2. The van der Waals surface area contributed by atoms with Gasteiger partial charge in [0.25, 0.3) is 0 Å². The number of carboxylic acids is 1. The third kappa shape index (κ3) is 4.67. The van der Waals surface area contributed by atoms with Gasteiger partial charge < -0.3 is 5.11 Å². The second kappa shape index (κ2) is 9.35. The summed E-state index contributed by atoms with van der Waals surface area (Å²) < 4.78 is 31.2. The Morgan fingerprint density at radius 3 is 2.46 bits per heavy atom. The van der Waals surface area contributed by atoms with E-state index in [9.17, 15) is 15.2 Å². The number of halogens is 4. The monoisotopic (exact) mass is 520 g/mol. The van der Waals surface area contributed by atoms with Crippen molar-refractivity contribution in [2.24, 2.45) is 11.3 Å². The lowest BCUT2D eigenvalue weighted by atomic mass is 9.62. The maximum Gasteiger partial charge on any atom is 0.321 e. The molecule has 2 fully saturated rings. The van der Waals surface area contributed by atoms with Gasteiger partial charge >= 0.3 is 5.97 Å². The SMILES string of the molecule is CC(C)(C)CC1N(CC2CC2)C(C(=O)O)C(c2cccc(Cl)c2F)C1(C#N)c1ccc(Cl)cc1F. The Morgan fingerprint density at radius 2 is 1.91 bits per heavy atom. The van der Waals surface area contributed by atoms with Gasteiger partial charge in [0.2, 0.25) is 0 Å². The minimum atomic E-state index is -1.70. The van der Waals surface area contributed by atoms with E-state index in [4.69, 9.17) is 23.2 Å². The molecule has 1 N–H and O–H groups in total. The van der Waals surface area contributed by atoms with E-state index in [1.807, 2.05) is 25.7 Å². The van der Waals surface area contributed by atoms with E-state index in [0.29, 0.717) is 13.0 Å². The van der Waals surface area contributed by atoms with Crippen molar-refractivity contribution in [3.63, 3.8) is 0 Å². The zero-order valence-corrected chi connectivity index (χ0v) is 21.4. The second-order valence-corrected chi connectivity index (χ2v) is 11.8. The van der Waals surface area contributed by atoms with Crippen molar-refractivity contribution in [3.05, 3.63) is 69.2 Å². The highest BCUT2D eigenvalue weighted by molar-refractivity contribution is 6.31. The number of benzene rings is 2. The summed E-state index contributed by atoms with van der Waals surface area (Å²) in [4.78, 5) is 14.7. The molecule has 4 nitrogen and oxygen atoms in total. The van der Waals surface area contributed by atoms with Crippen LogP contribution in [0.25, 0.3) is 0 Å². The molecule has 2 aliphatic rings. The van der Waals surface area contributed by atoms with E-state index < -0.39 is 41.0 Å². The summed E-state index contributed by atoms with van der Waals surface area (Å²) in [6.07, 6.45) is 2.31. The Morgan fingerprint density at radius 1 is 1.23 bits per heavy atom. The summed E-state index contributed by atoms with van der Waals surface area (Å²) in [6, 6.07) is 8.80. The molecule has 1 heterocycles. The van der Waals surface area contributed by atoms with E-state index in [1.54, 1.807) is 0 Å². The van der Waals surface area contributed by atoms with Gasteiger partial charge in [-0.2, -0.15) is 5.26 Å². The molecule has 8 heteroatoms. The van der Waals surface area contributed by atoms with Gasteiger partial charge in [-0.15, -0.1) is 0 Å². The van der Waals surface area contributed by atoms with Gasteiger partial charge in [0.05, 0.1) is 11.1 Å². The molecular formula is C27H28Cl2F2N2O2. The zero-order chi connectivity index (χ0) is 25.7. The van der Waals surface area contributed by atoms with Gasteiger partial charge in [-0.25, -0.2) is 8.78 Å². The van der Waals surface area contributed by atoms with Crippen molar-refractivity contribution >= 4 is 29.2 Å². The van der Waals surface area contributed by atoms with Crippen molar-refractivity contribution in [2.45, 2.75) is 63.5 Å². The van der Waals surface area contributed by atoms with Crippen LogP contribution in [0.3, 0.4) is 0 Å². The fraction of sp³-hybridized carbons (Fsp3) is 0.481. The van der Waals surface area contributed by atoms with Crippen LogP contribution >= 0.6 is 23.2 Å². The fourth-order valence-electron chi connectivity index (χ4n) is 5.64. The van der Waals surface area contributed by atoms with E-state index in [-0.39, 0.29) is 32.5 Å². The topological polar surface area (TPSA) is 64.3 Å². The lowest BCUT2D eigenvalue weighted by molar-refractivity contribution is -0.143. The van der Waals surface area contributed by atoms with Crippen LogP contribution in [0.2, 0.25) is 10.0 Å². The van der Waals surface area contributed by atoms with Crippen LogP contribution in [-0.2, 0) is 10.2 Å². The van der Waals surface area contributed by atoms with Crippen molar-refractivity contribution < 1.29 is 18.7 Å². The molecule has 1 aliphatic heterocycles. The molecular weight excluding hydrogens is 493 g/mol. The largest absolute Gasteiger partial charge is 0.480 e. The summed E-state index contributed by atoms with van der Waals surface area (Å²) in [5.74, 6) is -3.61. The number of carboxylic acid groups (broad SMARTS) is 1. The molecule has 0 radical (unpaired) electrons. The second-order valence-electron chi connectivity index (χ2n) is 10.9. The van der Waals surface area contributed by atoms with Crippen molar-refractivity contribution in [1.82, 2.24) is 4.90 Å². The average molecular weight is 521 g/mol. The molecule has 4 atom stereocenters. The molecule has 4 rings (SSSR count). The number of rotatable bonds is 6. The van der Waals surface area contributed by atoms with Crippen LogP contribution in [0.5, 0.6) is 0 Å². The summed E-state index contributed by atoms with van der Waals surface area (Å²) in [5, 5.41) is 21.3. The predicted molar refractivity (Wildman–Crippen MR) is 132 cm³/mol. The normalized spacial score (nSPS) is 27.1. The molecule has 0 bridgehead atoms. The van der Waals surface area contributed by atoms with Crippen LogP contribution < -0.4 is 0 Å². The smallest absolute Gasteiger partial charge is 0.321 e. The minimum absolute atomic E-state index is 0.00185. The third-order valence-corrected chi connectivity index (χ3v) is 7.72. The third-order valence-electron chi connectivity index (χ3n) is 7.19. The molecule has 1 saturated heterocycles. The highest BCUT2D eigenvalue weighted by Crippen LogP contribution is 2.57. The molecule has 0 amide bonds. The van der Waals surface area contributed by atoms with Crippen molar-refractivity contribution in [2.75, 3.05) is 6.54 Å². The van der Waals surface area contributed by atoms with Crippen molar-refractivity contribution in [1.29, 1.82) is 5.26 Å². The first-order valence-electron chi connectivity index (χ1n) is 11.7. The summed E-state index contributed by atoms with van der Waals surface area (Å²) in [7, 11) is 0. The number of aliphatic carboxylic acids is 1. The summed E-state index contributed by atoms with van der Waals surface area (Å²) >= 11 is 12.2. The van der Waals surface area contributed by atoms with Crippen molar-refractivity contribution in [3.8, 4) is 6.07 Å². The van der Waals surface area contributed by atoms with Gasteiger partial charge in [-0.1, -0.05) is 62.2 Å². The average Bonchev–Trinajstić information content (AvgIpc) is 3.53. The Kier molecular flexibility index (Phi) is 6.91. The summed E-state index contributed by atoms with van der Waals surface area (Å²) in [6.45, 7) is 6.41. The van der Waals surface area contributed by atoms with Gasteiger partial charge in [0.15, 0.2) is 0 Å². The van der Waals surface area contributed by atoms with E-state index in [2.05, 4.69) is 6.07 Å². The van der Waals surface area contributed by atoms with Gasteiger partial charge in [0.1, 0.15) is 23.1 Å². The van der Waals surface area contributed by atoms with E-state index in [1.165, 1.54) is 30.3 Å². The highest BCUT2D eigenvalue weighted by Gasteiger charge is 2.65. The minimum Gasteiger partial charge on any atom is -0.480 e. The molecule has 35 heavy (non-hydrogen) atoms. The standard InChI is InChI=1S/C27H28Cl2F2N2O2/c1-26(2,3)12-21-27(14-32,18-10-9-16(28)11-20(18)30)22(17-5-4-6-19(29)23(17)31)24(25(34)35)33(21)13-15-7-8-15/h4-6,9-11,15,21-22,24H,7-8,12-13H2,1-3H3,(H,34,35). The molecule has 0 spiro atoms. The first-order chi connectivity index (χ1) is 16.4. The number of likely N-dealkylation sites (tertiary alicyclic amines) is 1. The number of hydrogen-bond acceptors (Lipinski definition) is 3. The maximum atomic E-state index is 15.6. The molecule has 1 aliphatic carbocycles. The molecule has 2 aromatic carbocycles. The first-order valence-corrected chi connectivity index (χ1v) is 12.5. The van der Waals surface area contributed by atoms with Gasteiger partial charge in [-0.3, -0.25) is 9.69 Å². The number of carbonyl (C=O) groups is 1. The molecule has 186 valence electrons. The van der Waals surface area contributed by atoms with Gasteiger partial charge in [0, 0.05) is 29.1 Å². The molecule has 1 saturated carbocycles. The molecule has 4 unspecified atom stereocenters. The van der Waals surface area contributed by atoms with Crippen LogP contribution in [0.1, 0.15) is 57.1 Å². The molecule has 2 aromatic rings. The van der Waals surface area contributed by atoms with Crippen LogP contribution in [0, 0.1) is 34.3 Å². The maximum absolute atomic E-state index is 15.6. The first kappa shape index (κ1) is 25.9. The lowest BCUT2D eigenvalue weighted by Crippen LogP contribution is -2.47. The quantitative estimate of drug-likeness (QED) is 0.454. The van der Waals surface area contributed by atoms with Crippen LogP contribution in [0.4, 0.5) is 8.78 Å². The Balaban J connectivity index is 2.08. The Labute approximate surface area is 214 Å². The fourth-order valence-corrected chi connectivity index (χ4v) is 5.98. The Bertz CT molecular complexity index is 1190. The number of hydrogen-bond donors (Lipinski definition) is 1. The predicted octanol–water partition coefficient (Wildman–Crippen LogP) is 6.80. The zero-order valence-electron chi connectivity index (χ0n) is 19.9. The van der Waals surface area contributed by atoms with E-state index in [0.717, 1.165) is 18.9 Å². The number of nitriles is 1. The molecule has 0 aromatic heterocycles. The van der Waals surface area contributed by atoms with Crippen LogP contribution in [0.15, 0.2) is 36.4 Å². The van der Waals surface area contributed by atoms with Crippen LogP contribution in [-0.4, -0.2) is 34.6 Å².